The molecule has 0 aromatic carbocycles. The van der Waals surface area contributed by atoms with Gasteiger partial charge in [-0.3, -0.25) is 9.69 Å². The van der Waals surface area contributed by atoms with E-state index in [2.05, 4.69) is 11.8 Å². The minimum absolute atomic E-state index is 0.0456. The van der Waals surface area contributed by atoms with Crippen LogP contribution in [-0.4, -0.2) is 28.1 Å². The van der Waals surface area contributed by atoms with Gasteiger partial charge in [-0.15, -0.1) is 0 Å². The van der Waals surface area contributed by atoms with E-state index in [-0.39, 0.29) is 12.1 Å². The van der Waals surface area contributed by atoms with Crippen molar-refractivity contribution in [2.24, 2.45) is 5.92 Å². The van der Waals surface area contributed by atoms with Crippen LogP contribution < -0.4 is 0 Å². The van der Waals surface area contributed by atoms with Crippen molar-refractivity contribution in [1.82, 2.24) is 4.90 Å². The molecule has 1 aliphatic heterocycles. The molecule has 1 aliphatic carbocycles. The SMILES string of the molecule is CC(c1ccco1)N1C(C(=O)O)CC2CCCCC21. The summed E-state index contributed by atoms with van der Waals surface area (Å²) in [5.74, 6) is 0.734. The van der Waals surface area contributed by atoms with Crippen LogP contribution in [-0.2, 0) is 4.79 Å². The number of aliphatic carboxylic acids is 1. The van der Waals surface area contributed by atoms with E-state index in [0.29, 0.717) is 12.0 Å². The smallest absolute Gasteiger partial charge is 0.320 e. The Hall–Kier alpha value is -1.29. The Labute approximate surface area is 113 Å². The summed E-state index contributed by atoms with van der Waals surface area (Å²) in [6.45, 7) is 2.06. The van der Waals surface area contributed by atoms with Gasteiger partial charge in [0.1, 0.15) is 11.8 Å². The van der Waals surface area contributed by atoms with Gasteiger partial charge in [-0.25, -0.2) is 0 Å². The first-order valence-corrected chi connectivity index (χ1v) is 7.22. The molecule has 2 fully saturated rings. The molecule has 4 unspecified atom stereocenters. The zero-order valence-corrected chi connectivity index (χ0v) is 11.3. The standard InChI is InChI=1S/C15H21NO3/c1-10(14-7-4-8-19-14)16-12-6-3-2-5-11(12)9-13(16)15(17)18/h4,7-8,10-13H,2-3,5-6,9H2,1H3,(H,17,18). The Morgan fingerprint density at radius 1 is 1.47 bits per heavy atom. The Kier molecular flexibility index (Phi) is 3.35. The number of rotatable bonds is 3. The molecule has 104 valence electrons. The molecule has 1 saturated heterocycles. The van der Waals surface area contributed by atoms with Gasteiger partial charge in [0.25, 0.3) is 0 Å². The summed E-state index contributed by atoms with van der Waals surface area (Å²) in [4.78, 5) is 13.7. The van der Waals surface area contributed by atoms with Crippen LogP contribution in [0.2, 0.25) is 0 Å². The molecule has 1 N–H and O–H groups in total. The molecule has 1 saturated carbocycles. The fraction of sp³-hybridized carbons (Fsp3) is 0.667. The lowest BCUT2D eigenvalue weighted by molar-refractivity contribution is -0.143. The molecule has 2 heterocycles. The highest BCUT2D eigenvalue weighted by molar-refractivity contribution is 5.74. The lowest BCUT2D eigenvalue weighted by Gasteiger charge is -2.36. The fourth-order valence-electron chi connectivity index (χ4n) is 3.96. The third-order valence-corrected chi connectivity index (χ3v) is 4.83. The summed E-state index contributed by atoms with van der Waals surface area (Å²) in [7, 11) is 0. The molecule has 4 heteroatoms. The van der Waals surface area contributed by atoms with Gasteiger partial charge >= 0.3 is 5.97 Å². The predicted molar refractivity (Wildman–Crippen MR) is 70.7 cm³/mol. The number of carboxylic acid groups (broad SMARTS) is 1. The topological polar surface area (TPSA) is 53.7 Å². The molecule has 4 nitrogen and oxygen atoms in total. The van der Waals surface area contributed by atoms with Crippen LogP contribution in [0.5, 0.6) is 0 Å². The van der Waals surface area contributed by atoms with Gasteiger partial charge in [0.2, 0.25) is 0 Å². The molecule has 1 aromatic rings. The second-order valence-electron chi connectivity index (χ2n) is 5.84. The van der Waals surface area contributed by atoms with E-state index in [1.165, 1.54) is 19.3 Å². The highest BCUT2D eigenvalue weighted by atomic mass is 16.4. The van der Waals surface area contributed by atoms with Gasteiger partial charge in [0, 0.05) is 6.04 Å². The highest BCUT2D eigenvalue weighted by Gasteiger charge is 2.47. The summed E-state index contributed by atoms with van der Waals surface area (Å²) in [6.07, 6.45) is 7.22. The Bertz CT molecular complexity index is 442. The van der Waals surface area contributed by atoms with Gasteiger partial charge in [0.15, 0.2) is 0 Å². The molecule has 0 bridgehead atoms. The average Bonchev–Trinajstić information content (AvgIpc) is 3.05. The number of carbonyl (C=O) groups is 1. The second-order valence-corrected chi connectivity index (χ2v) is 5.84. The Morgan fingerprint density at radius 2 is 2.26 bits per heavy atom. The van der Waals surface area contributed by atoms with E-state index in [1.807, 2.05) is 12.1 Å². The van der Waals surface area contributed by atoms with E-state index in [1.54, 1.807) is 6.26 Å². The van der Waals surface area contributed by atoms with Crippen LogP contribution in [0.4, 0.5) is 0 Å². The van der Waals surface area contributed by atoms with Crippen LogP contribution in [0.25, 0.3) is 0 Å². The van der Waals surface area contributed by atoms with Crippen LogP contribution in [0, 0.1) is 5.92 Å². The number of nitrogens with zero attached hydrogens (tertiary/aromatic N) is 1. The molecule has 3 rings (SSSR count). The molecule has 0 spiro atoms. The van der Waals surface area contributed by atoms with Crippen LogP contribution in [0.15, 0.2) is 22.8 Å². The lowest BCUT2D eigenvalue weighted by Crippen LogP contribution is -2.43. The molecular weight excluding hydrogens is 242 g/mol. The summed E-state index contributed by atoms with van der Waals surface area (Å²) in [5.41, 5.74) is 0. The van der Waals surface area contributed by atoms with E-state index in [0.717, 1.165) is 18.6 Å². The van der Waals surface area contributed by atoms with Crippen molar-refractivity contribution in [3.63, 3.8) is 0 Å². The quantitative estimate of drug-likeness (QED) is 0.910. The van der Waals surface area contributed by atoms with Gasteiger partial charge < -0.3 is 9.52 Å². The Balaban J connectivity index is 1.88. The van der Waals surface area contributed by atoms with Crippen molar-refractivity contribution < 1.29 is 14.3 Å². The predicted octanol–water partition coefficient (Wildman–Crippen LogP) is 3.06. The van der Waals surface area contributed by atoms with Gasteiger partial charge in [-0.1, -0.05) is 12.8 Å². The van der Waals surface area contributed by atoms with Gasteiger partial charge in [0.05, 0.1) is 12.3 Å². The van der Waals surface area contributed by atoms with Crippen molar-refractivity contribution in [2.75, 3.05) is 0 Å². The fourth-order valence-corrected chi connectivity index (χ4v) is 3.96. The number of furan rings is 1. The highest BCUT2D eigenvalue weighted by Crippen LogP contribution is 2.44. The zero-order valence-electron chi connectivity index (χ0n) is 11.3. The van der Waals surface area contributed by atoms with Crippen molar-refractivity contribution >= 4 is 5.97 Å². The number of carboxylic acids is 1. The van der Waals surface area contributed by atoms with Gasteiger partial charge in [-0.05, 0) is 44.2 Å². The summed E-state index contributed by atoms with van der Waals surface area (Å²) < 4.78 is 5.48. The maximum atomic E-state index is 11.6. The minimum Gasteiger partial charge on any atom is -0.480 e. The Morgan fingerprint density at radius 3 is 2.95 bits per heavy atom. The summed E-state index contributed by atoms with van der Waals surface area (Å²) in [6, 6.07) is 3.92. The van der Waals surface area contributed by atoms with E-state index >= 15 is 0 Å². The number of hydrogen-bond acceptors (Lipinski definition) is 3. The first-order chi connectivity index (χ1) is 9.18. The second kappa shape index (κ2) is 5.00. The van der Waals surface area contributed by atoms with Gasteiger partial charge in [-0.2, -0.15) is 0 Å². The molecule has 1 aromatic heterocycles. The number of hydrogen-bond donors (Lipinski definition) is 1. The van der Waals surface area contributed by atoms with E-state index in [9.17, 15) is 9.90 Å². The molecule has 2 aliphatic rings. The first kappa shape index (κ1) is 12.7. The largest absolute Gasteiger partial charge is 0.480 e. The number of likely N-dealkylation sites (tertiary alicyclic amines) is 1. The maximum absolute atomic E-state index is 11.6. The summed E-state index contributed by atoms with van der Waals surface area (Å²) >= 11 is 0. The lowest BCUT2D eigenvalue weighted by atomic mass is 9.84. The van der Waals surface area contributed by atoms with E-state index < -0.39 is 5.97 Å². The van der Waals surface area contributed by atoms with Crippen LogP contribution in [0.3, 0.4) is 0 Å². The van der Waals surface area contributed by atoms with Crippen molar-refractivity contribution in [2.45, 2.75) is 57.2 Å². The van der Waals surface area contributed by atoms with Crippen molar-refractivity contribution in [3.05, 3.63) is 24.2 Å². The average molecular weight is 263 g/mol. The van der Waals surface area contributed by atoms with E-state index in [4.69, 9.17) is 4.42 Å². The molecule has 0 radical (unpaired) electrons. The maximum Gasteiger partial charge on any atom is 0.320 e. The third kappa shape index (κ3) is 2.18. The summed E-state index contributed by atoms with van der Waals surface area (Å²) in [5, 5.41) is 9.50. The molecular formula is C15H21NO3. The molecule has 4 atom stereocenters. The van der Waals surface area contributed by atoms with Crippen molar-refractivity contribution in [3.8, 4) is 0 Å². The normalized spacial score (nSPS) is 33.0. The molecule has 19 heavy (non-hydrogen) atoms. The van der Waals surface area contributed by atoms with Crippen LogP contribution in [0.1, 0.15) is 50.8 Å². The van der Waals surface area contributed by atoms with Crippen LogP contribution >= 0.6 is 0 Å². The molecule has 0 amide bonds. The third-order valence-electron chi connectivity index (χ3n) is 4.83. The number of fused-ring (bicyclic) bond motifs is 1. The first-order valence-electron chi connectivity index (χ1n) is 7.22. The monoisotopic (exact) mass is 263 g/mol. The zero-order chi connectivity index (χ0) is 13.4. The van der Waals surface area contributed by atoms with Crippen molar-refractivity contribution in [1.29, 1.82) is 0 Å². The minimum atomic E-state index is -0.687.